The van der Waals surface area contributed by atoms with E-state index in [-0.39, 0.29) is 0 Å². The van der Waals surface area contributed by atoms with Crippen LogP contribution < -0.4 is 5.19 Å². The van der Waals surface area contributed by atoms with Crippen LogP contribution in [0.1, 0.15) is 36.7 Å². The van der Waals surface area contributed by atoms with Crippen LogP contribution in [-0.2, 0) is 0 Å². The molecule has 28 heavy (non-hydrogen) atoms. The summed E-state index contributed by atoms with van der Waals surface area (Å²) < 4.78 is 6.08. The van der Waals surface area contributed by atoms with E-state index in [1.54, 1.807) is 0 Å². The monoisotopic (exact) mass is 388 g/mol. The van der Waals surface area contributed by atoms with Crippen molar-refractivity contribution in [2.75, 3.05) is 0 Å². The molecule has 1 aromatic carbocycles. The maximum absolute atomic E-state index is 6.08. The van der Waals surface area contributed by atoms with E-state index in [1.807, 2.05) is 13.8 Å². The van der Waals surface area contributed by atoms with E-state index in [0.29, 0.717) is 5.92 Å². The fourth-order valence-corrected chi connectivity index (χ4v) is 5.66. The number of benzene rings is 1. The second-order valence-corrected chi connectivity index (χ2v) is 14.1. The minimum Gasteiger partial charge on any atom is -0.454 e. The molecule has 3 nitrogen and oxygen atoms in total. The standard InChI is InChI=1S/C24H28N2OSi/c1-14(2)18-12-21(25-13-23(18)28(5,6)7)17-8-9-22-19(11-17)20-10-15(3)26-16(4)24(20)27-22/h8-14H,1-7H3. The molecule has 4 heteroatoms. The molecule has 0 saturated carbocycles. The van der Waals surface area contributed by atoms with Gasteiger partial charge in [0.05, 0.1) is 19.5 Å². The van der Waals surface area contributed by atoms with Gasteiger partial charge in [-0.1, -0.05) is 33.5 Å². The molecule has 0 atom stereocenters. The topological polar surface area (TPSA) is 38.9 Å². The molecule has 144 valence electrons. The van der Waals surface area contributed by atoms with Crippen LogP contribution in [0.5, 0.6) is 0 Å². The molecule has 0 spiro atoms. The third kappa shape index (κ3) is 3.16. The smallest absolute Gasteiger partial charge is 0.156 e. The Labute approximate surface area is 167 Å². The van der Waals surface area contributed by atoms with Crippen LogP contribution in [0.15, 0.2) is 40.9 Å². The number of pyridine rings is 2. The van der Waals surface area contributed by atoms with Crippen LogP contribution in [0.2, 0.25) is 19.6 Å². The normalized spacial score (nSPS) is 12.4. The Balaban J connectivity index is 1.92. The predicted octanol–water partition coefficient (Wildman–Crippen LogP) is 6.33. The van der Waals surface area contributed by atoms with Crippen molar-refractivity contribution in [2.24, 2.45) is 0 Å². The van der Waals surface area contributed by atoms with Crippen molar-refractivity contribution in [2.45, 2.75) is 53.3 Å². The molecule has 3 aromatic heterocycles. The van der Waals surface area contributed by atoms with E-state index < -0.39 is 8.07 Å². The molecule has 0 fully saturated rings. The van der Waals surface area contributed by atoms with Crippen LogP contribution >= 0.6 is 0 Å². The molecule has 0 aliphatic rings. The average molecular weight is 389 g/mol. The van der Waals surface area contributed by atoms with Crippen molar-refractivity contribution in [3.05, 3.63) is 53.5 Å². The van der Waals surface area contributed by atoms with Gasteiger partial charge in [-0.25, -0.2) is 0 Å². The van der Waals surface area contributed by atoms with E-state index in [9.17, 15) is 0 Å². The van der Waals surface area contributed by atoms with Crippen LogP contribution in [0.25, 0.3) is 33.2 Å². The number of aryl methyl sites for hydroxylation is 2. The summed E-state index contributed by atoms with van der Waals surface area (Å²) in [6, 6.07) is 10.8. The van der Waals surface area contributed by atoms with Crippen molar-refractivity contribution < 1.29 is 4.42 Å². The minimum absolute atomic E-state index is 0.485. The van der Waals surface area contributed by atoms with Crippen LogP contribution in [-0.4, -0.2) is 18.0 Å². The highest BCUT2D eigenvalue weighted by molar-refractivity contribution is 6.89. The summed E-state index contributed by atoms with van der Waals surface area (Å²) >= 11 is 0. The van der Waals surface area contributed by atoms with Gasteiger partial charge in [-0.05, 0) is 60.8 Å². The van der Waals surface area contributed by atoms with Gasteiger partial charge in [0.1, 0.15) is 5.58 Å². The largest absolute Gasteiger partial charge is 0.454 e. The fraction of sp³-hybridized carbons (Fsp3) is 0.333. The molecule has 0 bridgehead atoms. The number of nitrogens with zero attached hydrogens (tertiary/aromatic N) is 2. The Morgan fingerprint density at radius 1 is 0.964 bits per heavy atom. The first-order valence-corrected chi connectivity index (χ1v) is 13.5. The van der Waals surface area contributed by atoms with Crippen molar-refractivity contribution in [3.63, 3.8) is 0 Å². The van der Waals surface area contributed by atoms with Crippen molar-refractivity contribution in [1.29, 1.82) is 0 Å². The summed E-state index contributed by atoms with van der Waals surface area (Å²) in [5, 5.41) is 3.71. The Hall–Kier alpha value is -2.46. The molecule has 4 rings (SSSR count). The highest BCUT2D eigenvalue weighted by Crippen LogP contribution is 2.34. The molecule has 4 aromatic rings. The molecule has 3 heterocycles. The predicted molar refractivity (Wildman–Crippen MR) is 121 cm³/mol. The third-order valence-electron chi connectivity index (χ3n) is 5.41. The first-order chi connectivity index (χ1) is 13.1. The fourth-order valence-electron chi connectivity index (χ4n) is 3.98. The molecule has 0 aliphatic carbocycles. The number of aromatic nitrogens is 2. The zero-order chi connectivity index (χ0) is 20.2. The highest BCUT2D eigenvalue weighted by Gasteiger charge is 2.23. The lowest BCUT2D eigenvalue weighted by Crippen LogP contribution is -2.40. The molecule has 0 unspecified atom stereocenters. The number of hydrogen-bond acceptors (Lipinski definition) is 3. The number of rotatable bonds is 3. The second kappa shape index (κ2) is 6.56. The van der Waals surface area contributed by atoms with E-state index in [1.165, 1.54) is 10.8 Å². The summed E-state index contributed by atoms with van der Waals surface area (Å²) in [5.41, 5.74) is 7.32. The van der Waals surface area contributed by atoms with Gasteiger partial charge in [-0.2, -0.15) is 0 Å². The lowest BCUT2D eigenvalue weighted by molar-refractivity contribution is 0.662. The van der Waals surface area contributed by atoms with Gasteiger partial charge in [0.2, 0.25) is 0 Å². The Morgan fingerprint density at radius 2 is 1.71 bits per heavy atom. The summed E-state index contributed by atoms with van der Waals surface area (Å²) in [6.45, 7) is 15.7. The van der Waals surface area contributed by atoms with E-state index in [0.717, 1.165) is 44.6 Å². The molecule has 0 radical (unpaired) electrons. The molecule has 0 saturated heterocycles. The first kappa shape index (κ1) is 18.9. The van der Waals surface area contributed by atoms with Gasteiger partial charge >= 0.3 is 0 Å². The lowest BCUT2D eigenvalue weighted by atomic mass is 10.0. The van der Waals surface area contributed by atoms with Crippen LogP contribution in [0, 0.1) is 13.8 Å². The van der Waals surface area contributed by atoms with Crippen molar-refractivity contribution >= 4 is 35.2 Å². The Bertz CT molecular complexity index is 1200. The first-order valence-electron chi connectivity index (χ1n) is 9.96. The summed E-state index contributed by atoms with van der Waals surface area (Å²) in [7, 11) is -1.43. The van der Waals surface area contributed by atoms with Crippen LogP contribution in [0.3, 0.4) is 0 Å². The number of fused-ring (bicyclic) bond motifs is 3. The van der Waals surface area contributed by atoms with Crippen molar-refractivity contribution in [1.82, 2.24) is 9.97 Å². The number of furan rings is 1. The van der Waals surface area contributed by atoms with Gasteiger partial charge in [-0.3, -0.25) is 9.97 Å². The molecule has 0 N–H and O–H groups in total. The van der Waals surface area contributed by atoms with Gasteiger partial charge in [0.25, 0.3) is 0 Å². The Morgan fingerprint density at radius 3 is 2.39 bits per heavy atom. The quantitative estimate of drug-likeness (QED) is 0.385. The summed E-state index contributed by atoms with van der Waals surface area (Å²) in [6.07, 6.45) is 2.12. The molecular weight excluding hydrogens is 360 g/mol. The van der Waals surface area contributed by atoms with Gasteiger partial charge in [-0.15, -0.1) is 0 Å². The third-order valence-corrected chi connectivity index (χ3v) is 7.45. The zero-order valence-corrected chi connectivity index (χ0v) is 18.8. The Kier molecular flexibility index (Phi) is 4.42. The molecule has 0 amide bonds. The van der Waals surface area contributed by atoms with E-state index >= 15 is 0 Å². The minimum atomic E-state index is -1.43. The molecular formula is C24H28N2OSi. The molecule has 0 aliphatic heterocycles. The van der Waals surface area contributed by atoms with Gasteiger partial charge in [0, 0.05) is 28.2 Å². The zero-order valence-electron chi connectivity index (χ0n) is 17.8. The van der Waals surface area contributed by atoms with Gasteiger partial charge < -0.3 is 4.42 Å². The maximum atomic E-state index is 6.08. The van der Waals surface area contributed by atoms with Crippen LogP contribution in [0.4, 0.5) is 0 Å². The summed E-state index contributed by atoms with van der Waals surface area (Å²) in [4.78, 5) is 9.40. The average Bonchev–Trinajstić information content (AvgIpc) is 2.98. The number of hydrogen-bond donors (Lipinski definition) is 0. The van der Waals surface area contributed by atoms with E-state index in [2.05, 4.69) is 75.0 Å². The van der Waals surface area contributed by atoms with E-state index in [4.69, 9.17) is 9.40 Å². The maximum Gasteiger partial charge on any atom is 0.156 e. The van der Waals surface area contributed by atoms with Gasteiger partial charge in [0.15, 0.2) is 5.58 Å². The van der Waals surface area contributed by atoms with Crippen molar-refractivity contribution in [3.8, 4) is 11.3 Å². The second-order valence-electron chi connectivity index (χ2n) is 9.10. The summed E-state index contributed by atoms with van der Waals surface area (Å²) in [5.74, 6) is 0.485. The highest BCUT2D eigenvalue weighted by atomic mass is 28.3. The lowest BCUT2D eigenvalue weighted by Gasteiger charge is -2.23. The SMILES string of the molecule is Cc1cc2c(oc3ccc(-c4cc(C(C)C)c([Si](C)(C)C)cn4)cc32)c(C)n1.